The molecule has 0 saturated heterocycles. The van der Waals surface area contributed by atoms with Gasteiger partial charge in [0.15, 0.2) is 0 Å². The first-order chi connectivity index (χ1) is 11.7. The van der Waals surface area contributed by atoms with Gasteiger partial charge in [-0.25, -0.2) is 0 Å². The average molecular weight is 337 g/mol. The van der Waals surface area contributed by atoms with E-state index in [1.54, 1.807) is 6.21 Å². The van der Waals surface area contributed by atoms with Crippen LogP contribution in [0.3, 0.4) is 0 Å². The minimum absolute atomic E-state index is 0.596. The Morgan fingerprint density at radius 1 is 1.12 bits per heavy atom. The number of nitrogens with zero attached hydrogens (tertiary/aromatic N) is 3. The topological polar surface area (TPSA) is 51.4 Å². The Bertz CT molecular complexity index is 814. The van der Waals surface area contributed by atoms with Gasteiger partial charge in [0.25, 0.3) is 0 Å². The molecule has 2 aromatic carbocycles. The highest BCUT2D eigenvalue weighted by atomic mass is 35.5. The quantitative estimate of drug-likeness (QED) is 0.681. The van der Waals surface area contributed by atoms with Crippen molar-refractivity contribution in [2.75, 3.05) is 18.0 Å². The minimum Gasteiger partial charge on any atom is -0.360 e. The van der Waals surface area contributed by atoms with Crippen LogP contribution in [0.4, 0.5) is 5.69 Å². The molecular formula is C19H17ClN4. The molecule has 0 fully saturated rings. The van der Waals surface area contributed by atoms with Crippen LogP contribution in [0.1, 0.15) is 11.1 Å². The molecule has 5 heteroatoms. The molecule has 3 rings (SSSR count). The molecule has 2 aromatic rings. The van der Waals surface area contributed by atoms with Gasteiger partial charge in [0.2, 0.25) is 0 Å². The van der Waals surface area contributed by atoms with Crippen LogP contribution in [0, 0.1) is 18.3 Å². The number of nitriles is 1. The third-order valence-electron chi connectivity index (χ3n) is 3.88. The second kappa shape index (κ2) is 7.20. The van der Waals surface area contributed by atoms with Gasteiger partial charge in [-0.3, -0.25) is 5.43 Å². The number of halogens is 1. The number of rotatable bonds is 4. The maximum atomic E-state index is 9.35. The molecule has 1 aliphatic rings. The summed E-state index contributed by atoms with van der Waals surface area (Å²) in [5.74, 6) is 0. The van der Waals surface area contributed by atoms with Crippen molar-refractivity contribution < 1.29 is 0 Å². The smallest absolute Gasteiger partial charge is 0.0985 e. The van der Waals surface area contributed by atoms with Crippen molar-refractivity contribution in [2.45, 2.75) is 6.92 Å². The van der Waals surface area contributed by atoms with E-state index in [4.69, 9.17) is 11.6 Å². The molecule has 0 amide bonds. The molecule has 120 valence electrons. The zero-order chi connectivity index (χ0) is 16.9. The first-order valence-electron chi connectivity index (χ1n) is 7.64. The van der Waals surface area contributed by atoms with Crippen LogP contribution in [0.2, 0.25) is 5.02 Å². The molecular weight excluding hydrogens is 320 g/mol. The lowest BCUT2D eigenvalue weighted by Gasteiger charge is -2.18. The normalized spacial score (nSPS) is 14.3. The molecule has 1 heterocycles. The number of hydrogen-bond donors (Lipinski definition) is 1. The van der Waals surface area contributed by atoms with Crippen molar-refractivity contribution in [3.8, 4) is 6.07 Å². The van der Waals surface area contributed by atoms with Crippen molar-refractivity contribution in [3.05, 3.63) is 76.0 Å². The highest BCUT2D eigenvalue weighted by Crippen LogP contribution is 2.23. The Morgan fingerprint density at radius 3 is 2.50 bits per heavy atom. The van der Waals surface area contributed by atoms with Gasteiger partial charge in [-0.2, -0.15) is 10.4 Å². The Labute approximate surface area is 146 Å². The molecule has 24 heavy (non-hydrogen) atoms. The van der Waals surface area contributed by atoms with Gasteiger partial charge in [0.1, 0.15) is 0 Å². The molecule has 0 bridgehead atoms. The summed E-state index contributed by atoms with van der Waals surface area (Å²) in [6.45, 7) is 3.30. The van der Waals surface area contributed by atoms with Crippen LogP contribution in [-0.4, -0.2) is 19.3 Å². The maximum Gasteiger partial charge on any atom is 0.0985 e. The summed E-state index contributed by atoms with van der Waals surface area (Å²) >= 11 is 5.86. The Balaban J connectivity index is 1.67. The van der Waals surface area contributed by atoms with E-state index in [1.165, 1.54) is 5.56 Å². The molecule has 0 radical (unpaired) electrons. The van der Waals surface area contributed by atoms with Gasteiger partial charge in [-0.1, -0.05) is 41.4 Å². The second-order valence-corrected chi connectivity index (χ2v) is 6.12. The van der Waals surface area contributed by atoms with Crippen LogP contribution < -0.4 is 10.3 Å². The van der Waals surface area contributed by atoms with Crippen LogP contribution in [-0.2, 0) is 0 Å². The first kappa shape index (κ1) is 16.1. The standard InChI is InChI=1S/C19H17ClN4/c1-14-2-8-18(9-3-14)24-12-16(10-21)19(13-24)23-22-11-15-4-6-17(20)7-5-15/h2-9,11,23H,12-13H2,1H3/b22-11+. The van der Waals surface area contributed by atoms with Crippen LogP contribution in [0.5, 0.6) is 0 Å². The lowest BCUT2D eigenvalue weighted by molar-refractivity contribution is 0.851. The van der Waals surface area contributed by atoms with Crippen molar-refractivity contribution in [1.82, 2.24) is 5.43 Å². The summed E-state index contributed by atoms with van der Waals surface area (Å²) in [5.41, 5.74) is 7.82. The molecule has 0 atom stereocenters. The number of anilines is 1. The van der Waals surface area contributed by atoms with Gasteiger partial charge < -0.3 is 4.90 Å². The molecule has 4 nitrogen and oxygen atoms in total. The number of hydrazone groups is 1. The summed E-state index contributed by atoms with van der Waals surface area (Å²) in [5, 5.41) is 14.3. The highest BCUT2D eigenvalue weighted by Gasteiger charge is 2.22. The van der Waals surface area contributed by atoms with Crippen molar-refractivity contribution in [1.29, 1.82) is 5.26 Å². The van der Waals surface area contributed by atoms with Crippen LogP contribution >= 0.6 is 11.6 Å². The number of aryl methyl sites for hydroxylation is 1. The third kappa shape index (κ3) is 3.76. The SMILES string of the molecule is Cc1ccc(N2CC(C#N)=C(N/N=C/c3ccc(Cl)cc3)C2)cc1. The van der Waals surface area contributed by atoms with Crippen LogP contribution in [0.15, 0.2) is 64.9 Å². The molecule has 0 aromatic heterocycles. The van der Waals surface area contributed by atoms with E-state index in [0.717, 1.165) is 16.9 Å². The predicted octanol–water partition coefficient (Wildman–Crippen LogP) is 3.87. The van der Waals surface area contributed by atoms with E-state index < -0.39 is 0 Å². The Hall–Kier alpha value is -2.77. The van der Waals surface area contributed by atoms with Crippen molar-refractivity contribution >= 4 is 23.5 Å². The van der Waals surface area contributed by atoms with Gasteiger partial charge in [-0.15, -0.1) is 0 Å². The van der Waals surface area contributed by atoms with Crippen LogP contribution in [0.25, 0.3) is 0 Å². The summed E-state index contributed by atoms with van der Waals surface area (Å²) in [6.07, 6.45) is 1.72. The molecule has 0 spiro atoms. The summed E-state index contributed by atoms with van der Waals surface area (Å²) in [6, 6.07) is 18.0. The fourth-order valence-corrected chi connectivity index (χ4v) is 2.63. The van der Waals surface area contributed by atoms with E-state index in [2.05, 4.69) is 52.7 Å². The lowest BCUT2D eigenvalue weighted by atomic mass is 10.2. The zero-order valence-corrected chi connectivity index (χ0v) is 14.1. The van der Waals surface area contributed by atoms with Gasteiger partial charge in [0.05, 0.1) is 36.6 Å². The molecule has 1 N–H and O–H groups in total. The number of nitrogens with one attached hydrogen (secondary N) is 1. The summed E-state index contributed by atoms with van der Waals surface area (Å²) < 4.78 is 0. The lowest BCUT2D eigenvalue weighted by Crippen LogP contribution is -2.22. The summed E-state index contributed by atoms with van der Waals surface area (Å²) in [4.78, 5) is 2.15. The van der Waals surface area contributed by atoms with E-state index in [1.807, 2.05) is 24.3 Å². The Morgan fingerprint density at radius 2 is 1.83 bits per heavy atom. The van der Waals surface area contributed by atoms with Gasteiger partial charge in [-0.05, 0) is 36.8 Å². The van der Waals surface area contributed by atoms with E-state index in [9.17, 15) is 5.26 Å². The van der Waals surface area contributed by atoms with Gasteiger partial charge in [0, 0.05) is 10.7 Å². The molecule has 0 unspecified atom stereocenters. The van der Waals surface area contributed by atoms with E-state index >= 15 is 0 Å². The maximum absolute atomic E-state index is 9.35. The fraction of sp³-hybridized carbons (Fsp3) is 0.158. The predicted molar refractivity (Wildman–Crippen MR) is 98.2 cm³/mol. The van der Waals surface area contributed by atoms with Crippen molar-refractivity contribution in [3.63, 3.8) is 0 Å². The molecule has 0 aliphatic carbocycles. The molecule has 1 aliphatic heterocycles. The average Bonchev–Trinajstić information content (AvgIpc) is 3.00. The first-order valence-corrected chi connectivity index (χ1v) is 8.02. The zero-order valence-electron chi connectivity index (χ0n) is 13.3. The Kier molecular flexibility index (Phi) is 4.83. The highest BCUT2D eigenvalue weighted by molar-refractivity contribution is 6.30. The van der Waals surface area contributed by atoms with Gasteiger partial charge >= 0.3 is 0 Å². The largest absolute Gasteiger partial charge is 0.360 e. The van der Waals surface area contributed by atoms with Crippen molar-refractivity contribution in [2.24, 2.45) is 5.10 Å². The fourth-order valence-electron chi connectivity index (χ4n) is 2.51. The van der Waals surface area contributed by atoms with E-state index in [-0.39, 0.29) is 0 Å². The monoisotopic (exact) mass is 336 g/mol. The second-order valence-electron chi connectivity index (χ2n) is 5.68. The summed E-state index contributed by atoms with van der Waals surface area (Å²) in [7, 11) is 0. The molecule has 0 saturated carbocycles. The van der Waals surface area contributed by atoms with E-state index in [0.29, 0.717) is 23.7 Å². The third-order valence-corrected chi connectivity index (χ3v) is 4.13. The number of benzene rings is 2. The number of hydrogen-bond acceptors (Lipinski definition) is 4. The minimum atomic E-state index is 0.596.